The van der Waals surface area contributed by atoms with Gasteiger partial charge in [0.1, 0.15) is 0 Å². The molecule has 2 rings (SSSR count). The fourth-order valence-corrected chi connectivity index (χ4v) is 2.57. The second kappa shape index (κ2) is 5.03. The first-order valence-electron chi connectivity index (χ1n) is 5.12. The molecular weight excluding hydrogens is 300 g/mol. The lowest BCUT2D eigenvalue weighted by Crippen LogP contribution is -1.88. The molecule has 1 nitrogen and oxygen atoms in total. The van der Waals surface area contributed by atoms with Crippen LogP contribution in [-0.4, -0.2) is 6.29 Å². The van der Waals surface area contributed by atoms with Crippen molar-refractivity contribution in [1.29, 1.82) is 0 Å². The summed E-state index contributed by atoms with van der Waals surface area (Å²) in [5.74, 6) is 0. The van der Waals surface area contributed by atoms with Crippen LogP contribution >= 0.6 is 27.5 Å². The van der Waals surface area contributed by atoms with E-state index in [0.29, 0.717) is 10.6 Å². The molecule has 0 bridgehead atoms. The summed E-state index contributed by atoms with van der Waals surface area (Å²) in [7, 11) is 0. The molecule has 0 spiro atoms. The number of hydrogen-bond donors (Lipinski definition) is 0. The van der Waals surface area contributed by atoms with Gasteiger partial charge in [-0.3, -0.25) is 4.79 Å². The molecule has 0 aliphatic carbocycles. The molecule has 0 N–H and O–H groups in total. The lowest BCUT2D eigenvalue weighted by Gasteiger charge is -2.07. The Balaban J connectivity index is 2.63. The van der Waals surface area contributed by atoms with Crippen molar-refractivity contribution in [3.63, 3.8) is 0 Å². The van der Waals surface area contributed by atoms with Crippen LogP contribution in [0.15, 0.2) is 40.9 Å². The van der Waals surface area contributed by atoms with E-state index < -0.39 is 0 Å². The lowest BCUT2D eigenvalue weighted by atomic mass is 9.99. The van der Waals surface area contributed by atoms with Gasteiger partial charge in [0.15, 0.2) is 6.29 Å². The van der Waals surface area contributed by atoms with Crippen LogP contribution < -0.4 is 0 Å². The minimum atomic E-state index is 0.572. The minimum Gasteiger partial charge on any atom is -0.298 e. The van der Waals surface area contributed by atoms with Gasteiger partial charge < -0.3 is 0 Å². The minimum absolute atomic E-state index is 0.572. The van der Waals surface area contributed by atoms with Gasteiger partial charge >= 0.3 is 0 Å². The van der Waals surface area contributed by atoms with Crippen molar-refractivity contribution in [1.82, 2.24) is 0 Å². The zero-order chi connectivity index (χ0) is 12.4. The van der Waals surface area contributed by atoms with E-state index in [9.17, 15) is 4.79 Å². The van der Waals surface area contributed by atoms with Crippen molar-refractivity contribution in [2.45, 2.75) is 6.92 Å². The van der Waals surface area contributed by atoms with Gasteiger partial charge in [0.25, 0.3) is 0 Å². The highest BCUT2D eigenvalue weighted by molar-refractivity contribution is 9.10. The van der Waals surface area contributed by atoms with E-state index in [2.05, 4.69) is 15.9 Å². The average molecular weight is 310 g/mol. The van der Waals surface area contributed by atoms with E-state index in [1.165, 1.54) is 0 Å². The summed E-state index contributed by atoms with van der Waals surface area (Å²) in [5.41, 5.74) is 3.65. The first-order valence-corrected chi connectivity index (χ1v) is 6.29. The van der Waals surface area contributed by atoms with Gasteiger partial charge in [-0.1, -0.05) is 39.7 Å². The summed E-state index contributed by atoms with van der Waals surface area (Å²) in [5, 5.41) is 0.572. The van der Waals surface area contributed by atoms with E-state index in [1.807, 2.05) is 31.2 Å². The second-order valence-electron chi connectivity index (χ2n) is 3.87. The van der Waals surface area contributed by atoms with Crippen LogP contribution in [0.3, 0.4) is 0 Å². The summed E-state index contributed by atoms with van der Waals surface area (Å²) in [4.78, 5) is 11.1. The molecule has 0 aliphatic rings. The largest absolute Gasteiger partial charge is 0.298 e. The van der Waals surface area contributed by atoms with Gasteiger partial charge in [-0.2, -0.15) is 0 Å². The van der Waals surface area contributed by atoms with Crippen molar-refractivity contribution >= 4 is 33.8 Å². The van der Waals surface area contributed by atoms with Crippen molar-refractivity contribution < 1.29 is 4.79 Å². The van der Waals surface area contributed by atoms with Crippen LogP contribution in [0, 0.1) is 6.92 Å². The van der Waals surface area contributed by atoms with Gasteiger partial charge in [-0.25, -0.2) is 0 Å². The van der Waals surface area contributed by atoms with Gasteiger partial charge in [0, 0.05) is 15.1 Å². The Bertz CT molecular complexity index is 558. The molecule has 0 unspecified atom stereocenters. The molecule has 2 aromatic rings. The van der Waals surface area contributed by atoms with Crippen molar-refractivity contribution in [2.75, 3.05) is 0 Å². The third-order valence-electron chi connectivity index (χ3n) is 2.49. The fourth-order valence-electron chi connectivity index (χ4n) is 1.79. The Morgan fingerprint density at radius 1 is 1.18 bits per heavy atom. The Kier molecular flexibility index (Phi) is 3.65. The normalized spacial score (nSPS) is 10.3. The molecule has 0 heterocycles. The molecule has 3 heteroatoms. The summed E-state index contributed by atoms with van der Waals surface area (Å²) < 4.78 is 0.999. The second-order valence-corrected chi connectivity index (χ2v) is 5.22. The standard InChI is InChI=1S/C14H10BrClO/c1-9-4-10(6-12(15)5-9)14-3-2-13(16)7-11(14)8-17/h2-8H,1H3. The molecule has 0 saturated carbocycles. The zero-order valence-corrected chi connectivity index (χ0v) is 11.5. The molecule has 0 saturated heterocycles. The fraction of sp³-hybridized carbons (Fsp3) is 0.0714. The molecule has 86 valence electrons. The van der Waals surface area contributed by atoms with Gasteiger partial charge in [-0.15, -0.1) is 0 Å². The Morgan fingerprint density at radius 3 is 2.59 bits per heavy atom. The number of halogens is 2. The highest BCUT2D eigenvalue weighted by Crippen LogP contribution is 2.28. The first-order chi connectivity index (χ1) is 8.10. The number of aryl methyl sites for hydroxylation is 1. The van der Waals surface area contributed by atoms with E-state index in [-0.39, 0.29) is 0 Å². The molecular formula is C14H10BrClO. The Hall–Kier alpha value is -1.12. The highest BCUT2D eigenvalue weighted by atomic mass is 79.9. The van der Waals surface area contributed by atoms with Crippen LogP contribution in [0.25, 0.3) is 11.1 Å². The van der Waals surface area contributed by atoms with Crippen LogP contribution in [0.1, 0.15) is 15.9 Å². The molecule has 0 radical (unpaired) electrons. The van der Waals surface area contributed by atoms with Crippen molar-refractivity contribution in [3.05, 3.63) is 57.0 Å². The number of carbonyl (C=O) groups is 1. The topological polar surface area (TPSA) is 17.1 Å². The summed E-state index contributed by atoms with van der Waals surface area (Å²) in [6.07, 6.45) is 0.831. The molecule has 0 aliphatic heterocycles. The van der Waals surface area contributed by atoms with Crippen LogP contribution in [0.2, 0.25) is 5.02 Å². The van der Waals surface area contributed by atoms with Gasteiger partial charge in [0.2, 0.25) is 0 Å². The maximum atomic E-state index is 11.1. The summed E-state index contributed by atoms with van der Waals surface area (Å²) >= 11 is 9.33. The first kappa shape index (κ1) is 12.3. The highest BCUT2D eigenvalue weighted by Gasteiger charge is 2.06. The predicted octanol–water partition coefficient (Wildman–Crippen LogP) is 4.89. The molecule has 17 heavy (non-hydrogen) atoms. The van der Waals surface area contributed by atoms with Crippen LogP contribution in [0.4, 0.5) is 0 Å². The quantitative estimate of drug-likeness (QED) is 0.722. The lowest BCUT2D eigenvalue weighted by molar-refractivity contribution is 0.112. The molecule has 2 aromatic carbocycles. The Morgan fingerprint density at radius 2 is 1.94 bits per heavy atom. The predicted molar refractivity (Wildman–Crippen MR) is 74.7 cm³/mol. The number of hydrogen-bond acceptors (Lipinski definition) is 1. The monoisotopic (exact) mass is 308 g/mol. The van der Waals surface area contributed by atoms with E-state index in [1.54, 1.807) is 12.1 Å². The van der Waals surface area contributed by atoms with Crippen molar-refractivity contribution in [3.8, 4) is 11.1 Å². The maximum absolute atomic E-state index is 11.1. The zero-order valence-electron chi connectivity index (χ0n) is 9.21. The molecule has 0 aromatic heterocycles. The SMILES string of the molecule is Cc1cc(Br)cc(-c2ccc(Cl)cc2C=O)c1. The third-order valence-corrected chi connectivity index (χ3v) is 3.19. The van der Waals surface area contributed by atoms with E-state index >= 15 is 0 Å². The number of carbonyl (C=O) groups excluding carboxylic acids is 1. The smallest absolute Gasteiger partial charge is 0.150 e. The maximum Gasteiger partial charge on any atom is 0.150 e. The number of benzene rings is 2. The summed E-state index contributed by atoms with van der Waals surface area (Å²) in [6, 6.07) is 11.4. The average Bonchev–Trinajstić information content (AvgIpc) is 2.27. The van der Waals surface area contributed by atoms with Gasteiger partial charge in [-0.05, 0) is 47.9 Å². The van der Waals surface area contributed by atoms with Gasteiger partial charge in [0.05, 0.1) is 0 Å². The van der Waals surface area contributed by atoms with E-state index in [0.717, 1.165) is 27.4 Å². The number of rotatable bonds is 2. The Labute approximate surface area is 114 Å². The molecule has 0 atom stereocenters. The number of aldehydes is 1. The van der Waals surface area contributed by atoms with E-state index in [4.69, 9.17) is 11.6 Å². The van der Waals surface area contributed by atoms with Crippen LogP contribution in [0.5, 0.6) is 0 Å². The summed E-state index contributed by atoms with van der Waals surface area (Å²) in [6.45, 7) is 2.02. The molecule has 0 fully saturated rings. The molecule has 0 amide bonds. The van der Waals surface area contributed by atoms with Crippen molar-refractivity contribution in [2.24, 2.45) is 0 Å². The third kappa shape index (κ3) is 2.76. The van der Waals surface area contributed by atoms with Crippen LogP contribution in [-0.2, 0) is 0 Å².